The number of thiazole rings is 2. The van der Waals surface area contributed by atoms with Crippen LogP contribution in [0.15, 0.2) is 199 Å². The summed E-state index contributed by atoms with van der Waals surface area (Å²) in [6, 6.07) is 69.1. The number of aromatic nitrogens is 3. The lowest BCUT2D eigenvalue weighted by molar-refractivity contribution is 0.620. The number of hydrogen-bond acceptors (Lipinski definition) is 6. The summed E-state index contributed by atoms with van der Waals surface area (Å²) in [5, 5.41) is 6.77. The Kier molecular flexibility index (Phi) is 8.28. The molecule has 3 heterocycles. The summed E-state index contributed by atoms with van der Waals surface area (Å²) in [6.45, 7) is -0.0134. The summed E-state index contributed by atoms with van der Waals surface area (Å²) in [6.07, 6.45) is 0. The minimum atomic E-state index is -0.0134. The SMILES string of the molecule is c1ccc(-c2ccc3nc(-c4ccc(B(c5ccc(-c6nc7cc8ccccc8cc7o6)cc5)c5ccc(-c6nc7cc8ccccc8cc7s6)cc5)cc4)sc3c2)cc1. The van der Waals surface area contributed by atoms with Gasteiger partial charge in [0.25, 0.3) is 0 Å². The number of fused-ring (bicyclic) bond motifs is 5. The first kappa shape index (κ1) is 34.8. The number of oxazole rings is 1. The molecule has 0 N–H and O–H groups in total. The standard InChI is InChI=1S/C53H32BN3OS2/c1-2-8-33(9-3-1)41-20-27-45-49(32-41)59-52(56-45)35-16-23-43(24-17-35)54(42-21-14-34(15-22-42)51-55-46-28-37-10-4-6-12-39(37)30-48(46)58-51)44-25-18-36(19-26-44)53-57-47-29-38-11-5-7-13-40(38)31-50(47)60-53/h1-32H. The minimum Gasteiger partial charge on any atom is -0.436 e. The largest absolute Gasteiger partial charge is 0.436 e. The molecular formula is C53H32BN3OS2. The predicted octanol–water partition coefficient (Wildman–Crippen LogP) is 12.5. The highest BCUT2D eigenvalue weighted by Crippen LogP contribution is 2.35. The minimum absolute atomic E-state index is 0.0134. The van der Waals surface area contributed by atoms with Crippen molar-refractivity contribution in [2.75, 3.05) is 0 Å². The van der Waals surface area contributed by atoms with Gasteiger partial charge in [-0.25, -0.2) is 15.0 Å². The van der Waals surface area contributed by atoms with Gasteiger partial charge in [0.15, 0.2) is 5.58 Å². The second-order valence-corrected chi connectivity index (χ2v) is 17.3. The summed E-state index contributed by atoms with van der Waals surface area (Å²) in [4.78, 5) is 15.0. The van der Waals surface area contributed by atoms with E-state index in [1.807, 2.05) is 6.07 Å². The lowest BCUT2D eigenvalue weighted by Gasteiger charge is -2.17. The molecule has 12 aromatic rings. The summed E-state index contributed by atoms with van der Waals surface area (Å²) >= 11 is 3.48. The van der Waals surface area contributed by atoms with Crippen molar-refractivity contribution >= 4 is 98.9 Å². The van der Waals surface area contributed by atoms with Gasteiger partial charge in [0.2, 0.25) is 12.6 Å². The van der Waals surface area contributed by atoms with Crippen molar-refractivity contribution < 1.29 is 4.42 Å². The fourth-order valence-corrected chi connectivity index (χ4v) is 10.4. The Morgan fingerprint density at radius 1 is 0.350 bits per heavy atom. The second kappa shape index (κ2) is 14.3. The van der Waals surface area contributed by atoms with Crippen molar-refractivity contribution in [1.82, 2.24) is 15.0 Å². The van der Waals surface area contributed by atoms with Crippen LogP contribution >= 0.6 is 22.7 Å². The quantitative estimate of drug-likeness (QED) is 0.151. The molecule has 0 saturated carbocycles. The number of nitrogens with zero attached hydrogens (tertiary/aromatic N) is 3. The van der Waals surface area contributed by atoms with Crippen LogP contribution in [0.1, 0.15) is 0 Å². The molecule has 60 heavy (non-hydrogen) atoms. The van der Waals surface area contributed by atoms with Gasteiger partial charge in [-0.05, 0) is 69.1 Å². The van der Waals surface area contributed by atoms with E-state index in [0.717, 1.165) is 59.6 Å². The Morgan fingerprint density at radius 3 is 1.45 bits per heavy atom. The molecule has 0 fully saturated rings. The van der Waals surface area contributed by atoms with Crippen molar-refractivity contribution in [3.8, 4) is 43.7 Å². The van der Waals surface area contributed by atoms with Crippen LogP contribution in [0.2, 0.25) is 0 Å². The molecule has 7 heteroatoms. The first-order chi connectivity index (χ1) is 29.6. The molecule has 0 spiro atoms. The second-order valence-electron chi connectivity index (χ2n) is 15.2. The van der Waals surface area contributed by atoms with Crippen molar-refractivity contribution in [2.45, 2.75) is 0 Å². The molecule has 0 aliphatic carbocycles. The Hall–Kier alpha value is -7.19. The maximum Gasteiger partial charge on any atom is 0.241 e. The molecule has 0 bridgehead atoms. The molecule has 12 rings (SSSR count). The van der Waals surface area contributed by atoms with Crippen LogP contribution in [0.4, 0.5) is 0 Å². The van der Waals surface area contributed by atoms with E-state index in [4.69, 9.17) is 19.4 Å². The third kappa shape index (κ3) is 6.27. The summed E-state index contributed by atoms with van der Waals surface area (Å²) in [7, 11) is 0. The van der Waals surface area contributed by atoms with Crippen LogP contribution in [-0.2, 0) is 0 Å². The first-order valence-electron chi connectivity index (χ1n) is 20.0. The molecule has 4 nitrogen and oxygen atoms in total. The molecule has 9 aromatic carbocycles. The number of hydrogen-bond donors (Lipinski definition) is 0. The van der Waals surface area contributed by atoms with Crippen molar-refractivity contribution in [3.63, 3.8) is 0 Å². The van der Waals surface area contributed by atoms with Gasteiger partial charge in [-0.2, -0.15) is 0 Å². The zero-order chi connectivity index (χ0) is 39.6. The highest BCUT2D eigenvalue weighted by Gasteiger charge is 2.23. The van der Waals surface area contributed by atoms with Gasteiger partial charge < -0.3 is 4.42 Å². The molecule has 0 radical (unpaired) electrons. The monoisotopic (exact) mass is 801 g/mol. The summed E-state index contributed by atoms with van der Waals surface area (Å²) in [5.41, 5.74) is 12.9. The van der Waals surface area contributed by atoms with Gasteiger partial charge in [-0.1, -0.05) is 174 Å². The van der Waals surface area contributed by atoms with E-state index in [9.17, 15) is 0 Å². The van der Waals surface area contributed by atoms with Crippen molar-refractivity contribution in [1.29, 1.82) is 0 Å². The van der Waals surface area contributed by atoms with E-state index in [2.05, 4.69) is 188 Å². The third-order valence-electron chi connectivity index (χ3n) is 11.5. The van der Waals surface area contributed by atoms with Crippen LogP contribution in [0, 0.1) is 0 Å². The number of benzene rings is 9. The van der Waals surface area contributed by atoms with Gasteiger partial charge in [0.1, 0.15) is 15.5 Å². The van der Waals surface area contributed by atoms with E-state index < -0.39 is 0 Å². The lowest BCUT2D eigenvalue weighted by Crippen LogP contribution is -2.51. The van der Waals surface area contributed by atoms with E-state index in [-0.39, 0.29) is 6.71 Å². The smallest absolute Gasteiger partial charge is 0.241 e. The molecule has 0 saturated heterocycles. The van der Waals surface area contributed by atoms with Crippen LogP contribution in [0.3, 0.4) is 0 Å². The van der Waals surface area contributed by atoms with Crippen LogP contribution in [-0.4, -0.2) is 21.7 Å². The maximum atomic E-state index is 6.32. The molecule has 0 amide bonds. The van der Waals surface area contributed by atoms with Gasteiger partial charge in [0, 0.05) is 16.7 Å². The Balaban J connectivity index is 0.898. The Labute approximate surface area is 354 Å². The van der Waals surface area contributed by atoms with E-state index >= 15 is 0 Å². The average molecular weight is 802 g/mol. The topological polar surface area (TPSA) is 51.8 Å². The van der Waals surface area contributed by atoms with Crippen LogP contribution in [0.25, 0.3) is 96.8 Å². The highest BCUT2D eigenvalue weighted by atomic mass is 32.1. The zero-order valence-corrected chi connectivity index (χ0v) is 33.8. The zero-order valence-electron chi connectivity index (χ0n) is 32.1. The molecule has 0 aliphatic rings. The van der Waals surface area contributed by atoms with Gasteiger partial charge >= 0.3 is 0 Å². The molecule has 0 unspecified atom stereocenters. The maximum absolute atomic E-state index is 6.32. The number of rotatable bonds is 7. The highest BCUT2D eigenvalue weighted by molar-refractivity contribution is 7.22. The Bertz CT molecular complexity index is 3280. The molecular weight excluding hydrogens is 770 g/mol. The van der Waals surface area contributed by atoms with E-state index in [1.165, 1.54) is 47.7 Å². The average Bonchev–Trinajstić information content (AvgIpc) is 4.05. The fraction of sp³-hybridized carbons (Fsp3) is 0. The van der Waals surface area contributed by atoms with Crippen LogP contribution in [0.5, 0.6) is 0 Å². The van der Waals surface area contributed by atoms with E-state index in [0.29, 0.717) is 5.89 Å². The Morgan fingerprint density at radius 2 is 0.833 bits per heavy atom. The normalized spacial score (nSPS) is 11.7. The fourth-order valence-electron chi connectivity index (χ4n) is 8.36. The summed E-state index contributed by atoms with van der Waals surface area (Å²) in [5.74, 6) is 0.618. The first-order valence-corrected chi connectivity index (χ1v) is 21.6. The van der Waals surface area contributed by atoms with Gasteiger partial charge in [-0.3, -0.25) is 0 Å². The third-order valence-corrected chi connectivity index (χ3v) is 13.6. The van der Waals surface area contributed by atoms with Crippen molar-refractivity contribution in [3.05, 3.63) is 194 Å². The lowest BCUT2D eigenvalue weighted by atomic mass is 9.37. The molecule has 0 atom stereocenters. The summed E-state index contributed by atoms with van der Waals surface area (Å²) < 4.78 is 8.70. The molecule has 280 valence electrons. The molecule has 0 aliphatic heterocycles. The van der Waals surface area contributed by atoms with Gasteiger partial charge in [-0.15, -0.1) is 22.7 Å². The van der Waals surface area contributed by atoms with Crippen LogP contribution < -0.4 is 16.4 Å². The predicted molar refractivity (Wildman–Crippen MR) is 255 cm³/mol. The van der Waals surface area contributed by atoms with Crippen molar-refractivity contribution in [2.24, 2.45) is 0 Å². The van der Waals surface area contributed by atoms with Gasteiger partial charge in [0.05, 0.1) is 20.4 Å². The van der Waals surface area contributed by atoms with E-state index in [1.54, 1.807) is 22.7 Å². The molecule has 3 aromatic heterocycles.